The minimum atomic E-state index is -0.238. The molecule has 2 N–H and O–H groups in total. The van der Waals surface area contributed by atoms with Crippen LogP contribution in [0.5, 0.6) is 0 Å². The number of allylic oxidation sites excluding steroid dienone is 3. The van der Waals surface area contributed by atoms with Crippen LogP contribution in [0, 0.1) is 40.4 Å². The normalized spacial score (nSPS) is 42.3. The third-order valence-corrected chi connectivity index (χ3v) is 10.0. The lowest BCUT2D eigenvalue weighted by molar-refractivity contribution is -0.0289. The Hall–Kier alpha value is -1.38. The van der Waals surface area contributed by atoms with E-state index in [2.05, 4.69) is 74.6 Å². The van der Waals surface area contributed by atoms with Gasteiger partial charge in [-0.1, -0.05) is 69.3 Å². The molecule has 0 aliphatic heterocycles. The van der Waals surface area contributed by atoms with E-state index in [1.54, 1.807) is 0 Å². The lowest BCUT2D eigenvalue weighted by atomic mass is 9.48. The van der Waals surface area contributed by atoms with Gasteiger partial charge < -0.3 is 10.4 Å². The largest absolute Gasteiger partial charge is 0.389 e. The zero-order chi connectivity index (χ0) is 21.6. The van der Waals surface area contributed by atoms with E-state index in [1.165, 1.54) is 36.8 Å². The number of nitrogens with one attached hydrogen (secondary N) is 1. The van der Waals surface area contributed by atoms with E-state index >= 15 is 0 Å². The Balaban J connectivity index is 1.28. The fourth-order valence-corrected chi connectivity index (χ4v) is 8.30. The fraction of sp³-hybridized carbons (Fsp3) is 0.655. The zero-order valence-corrected chi connectivity index (χ0v) is 19.7. The Morgan fingerprint density at radius 3 is 2.65 bits per heavy atom. The van der Waals surface area contributed by atoms with Crippen LogP contribution in [-0.4, -0.2) is 17.8 Å². The zero-order valence-electron chi connectivity index (χ0n) is 19.7. The highest BCUT2D eigenvalue weighted by atomic mass is 16.3. The van der Waals surface area contributed by atoms with Gasteiger partial charge in [0.05, 0.1) is 6.10 Å². The Bertz CT molecular complexity index is 844. The van der Waals surface area contributed by atoms with Crippen molar-refractivity contribution in [2.75, 3.05) is 6.54 Å². The molecule has 0 saturated heterocycles. The molecule has 0 amide bonds. The highest BCUT2D eigenvalue weighted by molar-refractivity contribution is 5.36. The summed E-state index contributed by atoms with van der Waals surface area (Å²) in [5.74, 6) is 3.87. The highest BCUT2D eigenvalue weighted by Gasteiger charge is 2.58. The third kappa shape index (κ3) is 3.64. The van der Waals surface area contributed by atoms with Gasteiger partial charge in [0.25, 0.3) is 0 Å². The molecule has 4 aliphatic carbocycles. The van der Waals surface area contributed by atoms with Crippen molar-refractivity contribution in [3.63, 3.8) is 0 Å². The molecule has 2 nitrogen and oxygen atoms in total. The quantitative estimate of drug-likeness (QED) is 0.602. The van der Waals surface area contributed by atoms with Gasteiger partial charge in [0.15, 0.2) is 0 Å². The molecule has 2 fully saturated rings. The van der Waals surface area contributed by atoms with Crippen molar-refractivity contribution in [3.05, 3.63) is 59.7 Å². The molecule has 31 heavy (non-hydrogen) atoms. The molecule has 0 aromatic heterocycles. The number of fused-ring (bicyclic) bond motifs is 5. The molecular formula is C29H41NO. The first kappa shape index (κ1) is 21.5. The molecule has 1 aromatic carbocycles. The monoisotopic (exact) mass is 419 g/mol. The third-order valence-electron chi connectivity index (χ3n) is 10.0. The van der Waals surface area contributed by atoms with Gasteiger partial charge >= 0.3 is 0 Å². The number of hydrogen-bond acceptors (Lipinski definition) is 2. The van der Waals surface area contributed by atoms with Crippen LogP contribution in [0.2, 0.25) is 0 Å². The van der Waals surface area contributed by atoms with E-state index < -0.39 is 0 Å². The lowest BCUT2D eigenvalue weighted by Gasteiger charge is -2.57. The molecule has 0 bridgehead atoms. The van der Waals surface area contributed by atoms with Gasteiger partial charge in [-0.15, -0.1) is 0 Å². The van der Waals surface area contributed by atoms with Gasteiger partial charge in [0.1, 0.15) is 0 Å². The number of hydrogen-bond donors (Lipinski definition) is 2. The Morgan fingerprint density at radius 1 is 1.03 bits per heavy atom. The first-order chi connectivity index (χ1) is 14.9. The second kappa shape index (κ2) is 8.19. The first-order valence-electron chi connectivity index (χ1n) is 12.7. The maximum absolute atomic E-state index is 10.2. The van der Waals surface area contributed by atoms with Crippen LogP contribution < -0.4 is 5.32 Å². The topological polar surface area (TPSA) is 32.3 Å². The molecule has 0 heterocycles. The van der Waals surface area contributed by atoms with E-state index in [1.807, 2.05) is 0 Å². The summed E-state index contributed by atoms with van der Waals surface area (Å²) in [6.07, 6.45) is 14.5. The van der Waals surface area contributed by atoms with Crippen LogP contribution in [0.4, 0.5) is 0 Å². The van der Waals surface area contributed by atoms with Crippen molar-refractivity contribution < 1.29 is 5.11 Å². The minimum absolute atomic E-state index is 0.238. The number of rotatable bonds is 5. The number of aliphatic hydroxyl groups excluding tert-OH is 1. The van der Waals surface area contributed by atoms with Gasteiger partial charge in [0, 0.05) is 6.54 Å². The summed E-state index contributed by atoms with van der Waals surface area (Å²) in [7, 11) is 0. The van der Waals surface area contributed by atoms with E-state index in [0.717, 1.165) is 55.5 Å². The van der Waals surface area contributed by atoms with Crippen molar-refractivity contribution in [1.82, 2.24) is 5.32 Å². The molecule has 2 heteroatoms. The summed E-state index contributed by atoms with van der Waals surface area (Å²) in [5.41, 5.74) is 3.56. The SMILES string of the molecule is C[C@H](CNCc1ccccc1)[C@H]1CC[C@H]2[C@@H]3C=CC4=CC(O)CC[C@]4(C)[C@H]3CC[C@]12C. The maximum atomic E-state index is 10.2. The van der Waals surface area contributed by atoms with E-state index in [-0.39, 0.29) is 11.5 Å². The van der Waals surface area contributed by atoms with Gasteiger partial charge in [-0.05, 0) is 96.6 Å². The molecule has 5 rings (SSSR count). The van der Waals surface area contributed by atoms with Crippen LogP contribution >= 0.6 is 0 Å². The van der Waals surface area contributed by atoms with Crippen LogP contribution in [0.1, 0.15) is 64.9 Å². The summed E-state index contributed by atoms with van der Waals surface area (Å²) in [5, 5.41) is 13.9. The van der Waals surface area contributed by atoms with E-state index in [0.29, 0.717) is 5.41 Å². The van der Waals surface area contributed by atoms with Crippen molar-refractivity contribution in [3.8, 4) is 0 Å². The molecule has 4 aliphatic rings. The van der Waals surface area contributed by atoms with E-state index in [9.17, 15) is 5.11 Å². The van der Waals surface area contributed by atoms with Crippen LogP contribution in [-0.2, 0) is 6.54 Å². The molecule has 1 unspecified atom stereocenters. The van der Waals surface area contributed by atoms with Crippen LogP contribution in [0.3, 0.4) is 0 Å². The second-order valence-electron chi connectivity index (χ2n) is 11.6. The van der Waals surface area contributed by atoms with Gasteiger partial charge in [-0.3, -0.25) is 0 Å². The average Bonchev–Trinajstić information content (AvgIpc) is 3.12. The number of benzene rings is 1. The van der Waals surface area contributed by atoms with Crippen molar-refractivity contribution in [1.29, 1.82) is 0 Å². The fourth-order valence-electron chi connectivity index (χ4n) is 8.30. The van der Waals surface area contributed by atoms with Gasteiger partial charge in [-0.2, -0.15) is 0 Å². The van der Waals surface area contributed by atoms with Crippen LogP contribution in [0.15, 0.2) is 54.1 Å². The second-order valence-corrected chi connectivity index (χ2v) is 11.6. The Kier molecular flexibility index (Phi) is 5.67. The van der Waals surface area contributed by atoms with E-state index in [4.69, 9.17) is 0 Å². The summed E-state index contributed by atoms with van der Waals surface area (Å²) < 4.78 is 0. The predicted molar refractivity (Wildman–Crippen MR) is 128 cm³/mol. The maximum Gasteiger partial charge on any atom is 0.0727 e. The number of aliphatic hydroxyl groups is 1. The Labute approximate surface area is 189 Å². The summed E-state index contributed by atoms with van der Waals surface area (Å²) in [6.45, 7) is 9.71. The smallest absolute Gasteiger partial charge is 0.0727 e. The first-order valence-corrected chi connectivity index (χ1v) is 12.7. The summed E-state index contributed by atoms with van der Waals surface area (Å²) in [4.78, 5) is 0. The molecule has 2 saturated carbocycles. The highest BCUT2D eigenvalue weighted by Crippen LogP contribution is 2.66. The van der Waals surface area contributed by atoms with Gasteiger partial charge in [-0.25, -0.2) is 0 Å². The standard InChI is InChI=1S/C29H41NO/c1-20(18-30-19-21-7-5-4-6-8-21)25-11-12-26-24-10-9-22-17-23(31)13-15-28(22,2)27(24)14-16-29(25,26)3/h4-10,17,20,23-27,30-31H,11-16,18-19H2,1-3H3/t20-,23?,24+,25-,26+,27+,28+,29-/m1/s1. The summed E-state index contributed by atoms with van der Waals surface area (Å²) in [6, 6.07) is 10.8. The lowest BCUT2D eigenvalue weighted by Crippen LogP contribution is -2.50. The minimum Gasteiger partial charge on any atom is -0.389 e. The van der Waals surface area contributed by atoms with Crippen molar-refractivity contribution >= 4 is 0 Å². The molecule has 8 atom stereocenters. The molecule has 0 radical (unpaired) electrons. The Morgan fingerprint density at radius 2 is 1.84 bits per heavy atom. The molecule has 0 spiro atoms. The van der Waals surface area contributed by atoms with Crippen LogP contribution in [0.25, 0.3) is 0 Å². The molecular weight excluding hydrogens is 378 g/mol. The van der Waals surface area contributed by atoms with Gasteiger partial charge in [0.2, 0.25) is 0 Å². The predicted octanol–water partition coefficient (Wildman–Crippen LogP) is 6.13. The summed E-state index contributed by atoms with van der Waals surface area (Å²) >= 11 is 0. The van der Waals surface area contributed by atoms with Crippen molar-refractivity contribution in [2.24, 2.45) is 40.4 Å². The van der Waals surface area contributed by atoms with Crippen molar-refractivity contribution in [2.45, 2.75) is 71.9 Å². The molecule has 1 aromatic rings. The molecule has 168 valence electrons. The average molecular weight is 420 g/mol.